The maximum atomic E-state index is 11.4. The summed E-state index contributed by atoms with van der Waals surface area (Å²) in [5, 5.41) is 0. The van der Waals surface area contributed by atoms with Gasteiger partial charge in [0, 0.05) is 16.8 Å². The van der Waals surface area contributed by atoms with Crippen LogP contribution in [-0.2, 0) is 17.0 Å². The number of rotatable bonds is 5. The molecule has 0 saturated heterocycles. The van der Waals surface area contributed by atoms with E-state index in [-0.39, 0.29) is 12.3 Å². The third-order valence-electron chi connectivity index (χ3n) is 2.82. The van der Waals surface area contributed by atoms with E-state index in [0.29, 0.717) is 5.69 Å². The molecule has 5 nitrogen and oxygen atoms in total. The number of pyridine rings is 1. The van der Waals surface area contributed by atoms with Gasteiger partial charge in [0.15, 0.2) is 0 Å². The second-order valence-corrected chi connectivity index (χ2v) is 5.23. The number of benzene rings is 1. The van der Waals surface area contributed by atoms with E-state index in [1.165, 1.54) is 0 Å². The number of amides is 1. The highest BCUT2D eigenvalue weighted by Crippen LogP contribution is 2.28. The van der Waals surface area contributed by atoms with Gasteiger partial charge in [0.2, 0.25) is 5.91 Å². The van der Waals surface area contributed by atoms with Gasteiger partial charge in [-0.2, -0.15) is 0 Å². The summed E-state index contributed by atoms with van der Waals surface area (Å²) in [6, 6.07) is 9.68. The van der Waals surface area contributed by atoms with Crippen LogP contribution in [0.4, 0.5) is 5.69 Å². The Morgan fingerprint density at radius 1 is 1.25 bits per heavy atom. The summed E-state index contributed by atoms with van der Waals surface area (Å²) < 4.78 is 0. The molecule has 20 heavy (non-hydrogen) atoms. The molecule has 1 aromatic heterocycles. The number of nitrogens with zero attached hydrogens (tertiary/aromatic N) is 1. The fourth-order valence-corrected chi connectivity index (χ4v) is 2.74. The van der Waals surface area contributed by atoms with Gasteiger partial charge < -0.3 is 5.73 Å². The molecule has 2 rings (SSSR count). The molecule has 0 fully saturated rings. The lowest BCUT2D eigenvalue weighted by molar-refractivity contribution is -0.120. The number of nitrogen functional groups attached to an aromatic ring is 1. The number of thioether (sulfide) groups is 1. The Hall–Kier alpha value is -2.05. The number of hydrazine groups is 1. The molecule has 0 radical (unpaired) electrons. The first-order chi connectivity index (χ1) is 9.70. The number of carbonyl (C=O) groups excluding carboxylic acids is 1. The number of nitrogens with two attached hydrogens (primary N) is 2. The standard InChI is InChI=1S/C14H16N4OS/c15-12-8-17-6-5-13(12)20-9-11-4-2-1-3-10(11)7-14(19)18-16/h1-6,8H,7,9,15-16H2,(H,18,19). The van der Waals surface area contributed by atoms with Gasteiger partial charge in [-0.05, 0) is 17.2 Å². The monoisotopic (exact) mass is 288 g/mol. The zero-order valence-corrected chi connectivity index (χ0v) is 11.7. The minimum absolute atomic E-state index is 0.203. The number of hydrogen-bond donors (Lipinski definition) is 3. The van der Waals surface area contributed by atoms with Crippen LogP contribution in [-0.4, -0.2) is 10.9 Å². The van der Waals surface area contributed by atoms with Crippen molar-refractivity contribution >= 4 is 23.4 Å². The van der Waals surface area contributed by atoms with E-state index in [0.717, 1.165) is 21.8 Å². The van der Waals surface area contributed by atoms with Gasteiger partial charge >= 0.3 is 0 Å². The maximum absolute atomic E-state index is 11.4. The summed E-state index contributed by atoms with van der Waals surface area (Å²) >= 11 is 1.62. The van der Waals surface area contributed by atoms with E-state index in [1.54, 1.807) is 24.2 Å². The van der Waals surface area contributed by atoms with E-state index in [4.69, 9.17) is 11.6 Å². The summed E-state index contributed by atoms with van der Waals surface area (Å²) in [6.45, 7) is 0. The third kappa shape index (κ3) is 3.72. The number of hydrogen-bond acceptors (Lipinski definition) is 5. The highest BCUT2D eigenvalue weighted by molar-refractivity contribution is 7.98. The van der Waals surface area contributed by atoms with Crippen LogP contribution in [0, 0.1) is 0 Å². The Bertz CT molecular complexity index is 603. The second kappa shape index (κ2) is 6.93. The van der Waals surface area contributed by atoms with Crippen molar-refractivity contribution in [2.24, 2.45) is 5.84 Å². The topological polar surface area (TPSA) is 94.0 Å². The Labute approximate surface area is 121 Å². The number of aromatic nitrogens is 1. The van der Waals surface area contributed by atoms with Crippen LogP contribution >= 0.6 is 11.8 Å². The molecule has 5 N–H and O–H groups in total. The van der Waals surface area contributed by atoms with Crippen molar-refractivity contribution in [3.8, 4) is 0 Å². The fraction of sp³-hybridized carbons (Fsp3) is 0.143. The summed E-state index contributed by atoms with van der Waals surface area (Å²) in [6.07, 6.45) is 3.63. The van der Waals surface area contributed by atoms with Gasteiger partial charge in [-0.15, -0.1) is 11.8 Å². The predicted molar refractivity (Wildman–Crippen MR) is 80.7 cm³/mol. The quantitative estimate of drug-likeness (QED) is 0.335. The summed E-state index contributed by atoms with van der Waals surface area (Å²) in [7, 11) is 0. The highest BCUT2D eigenvalue weighted by atomic mass is 32.2. The van der Waals surface area contributed by atoms with Crippen molar-refractivity contribution in [3.05, 3.63) is 53.9 Å². The molecule has 0 aliphatic rings. The van der Waals surface area contributed by atoms with Crippen LogP contribution in [0.1, 0.15) is 11.1 Å². The first-order valence-electron chi connectivity index (χ1n) is 6.09. The van der Waals surface area contributed by atoms with Gasteiger partial charge in [-0.25, -0.2) is 5.84 Å². The molecule has 1 heterocycles. The SMILES string of the molecule is NNC(=O)Cc1ccccc1CSc1ccncc1N. The molecule has 1 amide bonds. The molecule has 1 aromatic carbocycles. The highest BCUT2D eigenvalue weighted by Gasteiger charge is 2.08. The molecule has 0 bridgehead atoms. The first-order valence-corrected chi connectivity index (χ1v) is 7.07. The maximum Gasteiger partial charge on any atom is 0.238 e. The molecule has 0 saturated carbocycles. The van der Waals surface area contributed by atoms with Gasteiger partial charge in [0.1, 0.15) is 0 Å². The minimum atomic E-state index is -0.203. The smallest absolute Gasteiger partial charge is 0.238 e. The molecular weight excluding hydrogens is 272 g/mol. The fourth-order valence-electron chi connectivity index (χ4n) is 1.78. The number of carbonyl (C=O) groups is 1. The molecule has 2 aromatic rings. The average molecular weight is 288 g/mol. The Balaban J connectivity index is 2.10. The normalized spacial score (nSPS) is 10.2. The molecule has 6 heteroatoms. The zero-order valence-electron chi connectivity index (χ0n) is 10.9. The van der Waals surface area contributed by atoms with Crippen molar-refractivity contribution in [2.75, 3.05) is 5.73 Å². The van der Waals surface area contributed by atoms with Crippen LogP contribution in [0.2, 0.25) is 0 Å². The second-order valence-electron chi connectivity index (χ2n) is 4.22. The van der Waals surface area contributed by atoms with E-state index < -0.39 is 0 Å². The minimum Gasteiger partial charge on any atom is -0.397 e. The molecule has 0 aliphatic carbocycles. The van der Waals surface area contributed by atoms with Crippen molar-refractivity contribution in [2.45, 2.75) is 17.1 Å². The molecule has 0 atom stereocenters. The summed E-state index contributed by atoms with van der Waals surface area (Å²) in [5.74, 6) is 5.66. The van der Waals surface area contributed by atoms with Crippen LogP contribution in [0.5, 0.6) is 0 Å². The third-order valence-corrected chi connectivity index (χ3v) is 3.96. The average Bonchev–Trinajstić information content (AvgIpc) is 2.47. The van der Waals surface area contributed by atoms with Crippen LogP contribution in [0.3, 0.4) is 0 Å². The van der Waals surface area contributed by atoms with E-state index in [1.807, 2.05) is 30.3 Å². The Morgan fingerprint density at radius 2 is 2.00 bits per heavy atom. The van der Waals surface area contributed by atoms with E-state index in [9.17, 15) is 4.79 Å². The Morgan fingerprint density at radius 3 is 2.70 bits per heavy atom. The van der Waals surface area contributed by atoms with Crippen molar-refractivity contribution in [1.82, 2.24) is 10.4 Å². The lowest BCUT2D eigenvalue weighted by atomic mass is 10.1. The van der Waals surface area contributed by atoms with Gasteiger partial charge in [-0.3, -0.25) is 15.2 Å². The van der Waals surface area contributed by atoms with Crippen LogP contribution < -0.4 is 17.0 Å². The van der Waals surface area contributed by atoms with E-state index >= 15 is 0 Å². The van der Waals surface area contributed by atoms with E-state index in [2.05, 4.69) is 10.4 Å². The number of anilines is 1. The Kier molecular flexibility index (Phi) is 4.97. The molecular formula is C14H16N4OS. The lowest BCUT2D eigenvalue weighted by Crippen LogP contribution is -2.31. The molecule has 0 spiro atoms. The lowest BCUT2D eigenvalue weighted by Gasteiger charge is -2.09. The first kappa shape index (κ1) is 14.4. The van der Waals surface area contributed by atoms with Gasteiger partial charge in [0.05, 0.1) is 18.3 Å². The van der Waals surface area contributed by atoms with Crippen molar-refractivity contribution in [3.63, 3.8) is 0 Å². The molecule has 0 unspecified atom stereocenters. The molecule has 104 valence electrons. The summed E-state index contributed by atoms with van der Waals surface area (Å²) in [4.78, 5) is 16.3. The largest absolute Gasteiger partial charge is 0.397 e. The van der Waals surface area contributed by atoms with Gasteiger partial charge in [0.25, 0.3) is 0 Å². The number of nitrogens with one attached hydrogen (secondary N) is 1. The molecule has 0 aliphatic heterocycles. The summed E-state index contributed by atoms with van der Waals surface area (Å²) in [5.41, 5.74) is 10.7. The van der Waals surface area contributed by atoms with Gasteiger partial charge in [-0.1, -0.05) is 24.3 Å². The van der Waals surface area contributed by atoms with Crippen LogP contribution in [0.15, 0.2) is 47.6 Å². The van der Waals surface area contributed by atoms with Crippen LogP contribution in [0.25, 0.3) is 0 Å². The zero-order chi connectivity index (χ0) is 14.4. The predicted octanol–water partition coefficient (Wildman–Crippen LogP) is 1.49. The van der Waals surface area contributed by atoms with Crippen molar-refractivity contribution < 1.29 is 4.79 Å². The van der Waals surface area contributed by atoms with Crippen molar-refractivity contribution in [1.29, 1.82) is 0 Å².